The first kappa shape index (κ1) is 17.5. The van der Waals surface area contributed by atoms with Crippen LogP contribution in [0.5, 0.6) is 0 Å². The van der Waals surface area contributed by atoms with Crippen molar-refractivity contribution in [2.24, 2.45) is 0 Å². The molecule has 0 atom stereocenters. The van der Waals surface area contributed by atoms with Gasteiger partial charge in [0.2, 0.25) is 5.82 Å². The van der Waals surface area contributed by atoms with Crippen molar-refractivity contribution in [3.63, 3.8) is 0 Å². The second-order valence-corrected chi connectivity index (χ2v) is 7.08. The van der Waals surface area contributed by atoms with Gasteiger partial charge < -0.3 is 14.4 Å². The largest absolute Gasteiger partial charge is 0.475 e. The maximum Gasteiger partial charge on any atom is 0.372 e. The fourth-order valence-electron chi connectivity index (χ4n) is 3.03. The first-order chi connectivity index (χ1) is 13.1. The molecule has 0 fully saturated rings. The summed E-state index contributed by atoms with van der Waals surface area (Å²) in [6, 6.07) is 6.04. The topological polar surface area (TPSA) is 93.4 Å². The van der Waals surface area contributed by atoms with Crippen LogP contribution in [-0.4, -0.2) is 44.4 Å². The Balaban J connectivity index is 1.73. The van der Waals surface area contributed by atoms with Crippen LogP contribution in [0.4, 0.5) is 11.5 Å². The number of ether oxygens (including phenoxy) is 1. The van der Waals surface area contributed by atoms with Crippen LogP contribution in [0.1, 0.15) is 21.9 Å². The van der Waals surface area contributed by atoms with Gasteiger partial charge >= 0.3 is 5.97 Å². The molecule has 0 saturated carbocycles. The van der Waals surface area contributed by atoms with E-state index < -0.39 is 5.97 Å². The molecule has 9 heteroatoms. The third-order valence-electron chi connectivity index (χ3n) is 4.27. The number of benzene rings is 1. The quantitative estimate of drug-likeness (QED) is 0.719. The zero-order chi connectivity index (χ0) is 19.0. The summed E-state index contributed by atoms with van der Waals surface area (Å²) in [5, 5.41) is 10.2. The minimum atomic E-state index is -1.04. The normalized spacial score (nSPS) is 12.6. The highest BCUT2D eigenvalue weighted by Crippen LogP contribution is 2.46. The van der Waals surface area contributed by atoms with Gasteiger partial charge in [0.05, 0.1) is 5.69 Å². The van der Waals surface area contributed by atoms with E-state index in [2.05, 4.69) is 15.0 Å². The third kappa shape index (κ3) is 3.15. The Morgan fingerprint density at radius 2 is 2.07 bits per heavy atom. The van der Waals surface area contributed by atoms with Crippen LogP contribution < -0.4 is 4.90 Å². The van der Waals surface area contributed by atoms with E-state index in [1.165, 1.54) is 0 Å². The highest BCUT2D eigenvalue weighted by Gasteiger charge is 2.26. The molecule has 2 aromatic heterocycles. The summed E-state index contributed by atoms with van der Waals surface area (Å²) in [7, 11) is 1.63. The highest BCUT2D eigenvalue weighted by molar-refractivity contribution is 7.99. The fraction of sp³-hybridized carbons (Fsp3) is 0.222. The molecule has 27 heavy (non-hydrogen) atoms. The number of aryl methyl sites for hydroxylation is 1. The number of imidazole rings is 1. The molecule has 3 aromatic rings. The summed E-state index contributed by atoms with van der Waals surface area (Å²) in [4.78, 5) is 27.3. The van der Waals surface area contributed by atoms with Crippen molar-refractivity contribution in [1.29, 1.82) is 0 Å². The number of aromatic carboxylic acids is 1. The molecule has 1 aliphatic heterocycles. The predicted molar refractivity (Wildman–Crippen MR) is 99.6 cm³/mol. The van der Waals surface area contributed by atoms with Crippen molar-refractivity contribution < 1.29 is 14.6 Å². The fourth-order valence-corrected chi connectivity index (χ4v) is 4.01. The van der Waals surface area contributed by atoms with E-state index >= 15 is 0 Å². The smallest absolute Gasteiger partial charge is 0.372 e. The van der Waals surface area contributed by atoms with Crippen LogP contribution in [0.25, 0.3) is 0 Å². The molecule has 8 nitrogen and oxygen atoms in total. The van der Waals surface area contributed by atoms with Gasteiger partial charge in [-0.25, -0.2) is 19.7 Å². The van der Waals surface area contributed by atoms with Gasteiger partial charge in [0.25, 0.3) is 0 Å². The van der Waals surface area contributed by atoms with E-state index in [-0.39, 0.29) is 5.82 Å². The zero-order valence-corrected chi connectivity index (χ0v) is 15.6. The Morgan fingerprint density at radius 3 is 2.85 bits per heavy atom. The molecule has 0 unspecified atom stereocenters. The van der Waals surface area contributed by atoms with Crippen LogP contribution in [0, 0.1) is 6.92 Å². The lowest BCUT2D eigenvalue weighted by atomic mass is 10.1. The van der Waals surface area contributed by atoms with Crippen LogP contribution in [0.15, 0.2) is 46.7 Å². The second kappa shape index (κ2) is 7.01. The zero-order valence-electron chi connectivity index (χ0n) is 14.8. The molecule has 4 rings (SSSR count). The van der Waals surface area contributed by atoms with Crippen LogP contribution in [-0.2, 0) is 11.3 Å². The van der Waals surface area contributed by atoms with Gasteiger partial charge in [-0.1, -0.05) is 17.8 Å². The number of aromatic nitrogens is 4. The van der Waals surface area contributed by atoms with Crippen LogP contribution in [0.3, 0.4) is 0 Å². The Labute approximate surface area is 159 Å². The van der Waals surface area contributed by atoms with Crippen molar-refractivity contribution in [2.75, 3.05) is 18.7 Å². The average Bonchev–Trinajstić information content (AvgIpc) is 3.03. The van der Waals surface area contributed by atoms with Crippen molar-refractivity contribution in [3.8, 4) is 0 Å². The first-order valence-electron chi connectivity index (χ1n) is 8.22. The molecule has 1 N–H and O–H groups in total. The summed E-state index contributed by atoms with van der Waals surface area (Å²) < 4.78 is 7.06. The number of carboxylic acid groups (broad SMARTS) is 1. The molecule has 1 aromatic carbocycles. The van der Waals surface area contributed by atoms with Crippen LogP contribution >= 0.6 is 11.8 Å². The van der Waals surface area contributed by atoms with Gasteiger partial charge in [0.15, 0.2) is 5.82 Å². The van der Waals surface area contributed by atoms with E-state index in [0.29, 0.717) is 13.3 Å². The Morgan fingerprint density at radius 1 is 1.26 bits per heavy atom. The molecule has 0 bridgehead atoms. The van der Waals surface area contributed by atoms with E-state index in [9.17, 15) is 9.90 Å². The maximum absolute atomic E-state index is 11.4. The summed E-state index contributed by atoms with van der Waals surface area (Å²) in [5.74, 6) is -0.259. The molecule has 138 valence electrons. The number of carbonyl (C=O) groups is 1. The Bertz CT molecular complexity index is 1020. The van der Waals surface area contributed by atoms with Crippen molar-refractivity contribution in [1.82, 2.24) is 19.5 Å². The molecule has 0 amide bonds. The molecule has 3 heterocycles. The summed E-state index contributed by atoms with van der Waals surface area (Å²) in [6.45, 7) is 2.60. The number of anilines is 2. The average molecular weight is 383 g/mol. The lowest BCUT2D eigenvalue weighted by Crippen LogP contribution is -2.24. The van der Waals surface area contributed by atoms with Gasteiger partial charge in [-0.05, 0) is 24.6 Å². The molecule has 0 spiro atoms. The third-order valence-corrected chi connectivity index (χ3v) is 5.31. The second-order valence-electron chi connectivity index (χ2n) is 6.05. The van der Waals surface area contributed by atoms with E-state index in [4.69, 9.17) is 4.74 Å². The van der Waals surface area contributed by atoms with Gasteiger partial charge in [0.1, 0.15) is 11.8 Å². The van der Waals surface area contributed by atoms with E-state index in [0.717, 1.165) is 32.7 Å². The summed E-state index contributed by atoms with van der Waals surface area (Å²) >= 11 is 1.56. The Kier molecular flexibility index (Phi) is 4.54. The van der Waals surface area contributed by atoms with E-state index in [1.807, 2.05) is 30.0 Å². The van der Waals surface area contributed by atoms with E-state index in [1.54, 1.807) is 42.0 Å². The number of methoxy groups -OCH3 is 1. The number of fused-ring (bicyclic) bond motifs is 2. The van der Waals surface area contributed by atoms with Crippen molar-refractivity contribution in [2.45, 2.75) is 23.4 Å². The summed E-state index contributed by atoms with van der Waals surface area (Å²) in [5.41, 5.74) is 2.72. The Hall–Kier alpha value is -2.91. The monoisotopic (exact) mass is 383 g/mol. The standard InChI is InChI=1S/C18H17N5O3S/c1-11-8-21-16(18(24)25)22(11)9-12-3-4-14-13(7-12)23(10-26-2)15-17(27-14)20-6-5-19-15/h3-8H,9-10H2,1-2H3,(H,24,25). The molecule has 0 saturated heterocycles. The molecular formula is C18H17N5O3S. The predicted octanol–water partition coefficient (Wildman–Crippen LogP) is 2.93. The molecule has 1 aliphatic rings. The van der Waals surface area contributed by atoms with Gasteiger partial charge in [-0.15, -0.1) is 0 Å². The molecular weight excluding hydrogens is 366 g/mol. The number of nitrogens with zero attached hydrogens (tertiary/aromatic N) is 5. The number of hydrogen-bond acceptors (Lipinski definition) is 7. The lowest BCUT2D eigenvalue weighted by molar-refractivity contribution is 0.0678. The maximum atomic E-state index is 11.4. The number of rotatable bonds is 5. The van der Waals surface area contributed by atoms with Crippen molar-refractivity contribution >= 4 is 29.2 Å². The van der Waals surface area contributed by atoms with Gasteiger partial charge in [-0.3, -0.25) is 4.90 Å². The molecule has 0 aliphatic carbocycles. The SMILES string of the molecule is COCN1c2cc(Cn3c(C)cnc3C(=O)O)ccc2Sc2nccnc21. The minimum absolute atomic E-state index is 0.0320. The lowest BCUT2D eigenvalue weighted by Gasteiger charge is -2.30. The summed E-state index contributed by atoms with van der Waals surface area (Å²) in [6.07, 6.45) is 4.90. The molecule has 0 radical (unpaired) electrons. The van der Waals surface area contributed by atoms with Crippen molar-refractivity contribution in [3.05, 3.63) is 53.9 Å². The van der Waals surface area contributed by atoms with Crippen LogP contribution in [0.2, 0.25) is 0 Å². The first-order valence-corrected chi connectivity index (χ1v) is 9.04. The number of carboxylic acids is 1. The van der Waals surface area contributed by atoms with Gasteiger partial charge in [0, 0.05) is 42.8 Å². The minimum Gasteiger partial charge on any atom is -0.475 e. The highest BCUT2D eigenvalue weighted by atomic mass is 32.2. The van der Waals surface area contributed by atoms with Gasteiger partial charge in [-0.2, -0.15) is 0 Å². The number of hydrogen-bond donors (Lipinski definition) is 1.